The third-order valence-corrected chi connectivity index (χ3v) is 6.37. The molecule has 1 saturated heterocycles. The summed E-state index contributed by atoms with van der Waals surface area (Å²) in [6, 6.07) is 7.74. The Hall–Kier alpha value is -3.10. The van der Waals surface area contributed by atoms with Gasteiger partial charge in [0.2, 0.25) is 0 Å². The Morgan fingerprint density at radius 3 is 2.61 bits per heavy atom. The lowest BCUT2D eigenvalue weighted by atomic mass is 9.81. The van der Waals surface area contributed by atoms with Crippen LogP contribution in [0.3, 0.4) is 0 Å². The third-order valence-electron chi connectivity index (χ3n) is 6.37. The number of hydrogen-bond acceptors (Lipinski definition) is 5. The van der Waals surface area contributed by atoms with E-state index in [1.807, 2.05) is 12.1 Å². The molecule has 1 aliphatic carbocycles. The number of amides is 2. The van der Waals surface area contributed by atoms with Gasteiger partial charge in [0.25, 0.3) is 5.91 Å². The number of anilines is 1. The Balaban J connectivity index is 1.60. The summed E-state index contributed by atoms with van der Waals surface area (Å²) in [6.07, 6.45) is 0.864. The maximum absolute atomic E-state index is 14.3. The van der Waals surface area contributed by atoms with Crippen LogP contribution in [0.5, 0.6) is 0 Å². The second kappa shape index (κ2) is 8.68. The highest BCUT2D eigenvalue weighted by atomic mass is 19.1. The van der Waals surface area contributed by atoms with Gasteiger partial charge >= 0.3 is 6.09 Å². The zero-order valence-electron chi connectivity index (χ0n) is 19.4. The van der Waals surface area contributed by atoms with Crippen molar-refractivity contribution in [2.24, 2.45) is 5.73 Å². The van der Waals surface area contributed by atoms with Crippen molar-refractivity contribution in [2.75, 3.05) is 12.3 Å². The Morgan fingerprint density at radius 1 is 1.24 bits per heavy atom. The standard InChI is InChI=1S/C24H32FN5O3/c1-24(2,3)33-23(32)29-12-17(25)11-18(29)13-30-21(26)19(22(27)31)20(28-30)16-9-8-14-6-4-5-7-15(14)10-16/h4-7,16-18H,8-13,26H2,1-3H3,(H2,27,31)/t16?,17-,18+/m1/s1. The molecule has 0 bridgehead atoms. The van der Waals surface area contributed by atoms with E-state index in [9.17, 15) is 14.0 Å². The first kappa shape index (κ1) is 23.1. The van der Waals surface area contributed by atoms with E-state index in [4.69, 9.17) is 16.2 Å². The van der Waals surface area contributed by atoms with Crippen LogP contribution in [-0.4, -0.2) is 51.0 Å². The van der Waals surface area contributed by atoms with Gasteiger partial charge in [-0.1, -0.05) is 24.3 Å². The SMILES string of the molecule is CC(C)(C)OC(=O)N1C[C@H](F)C[C@H]1Cn1nc(C2CCc3ccccc3C2)c(C(N)=O)c1N. The van der Waals surface area contributed by atoms with Gasteiger partial charge in [-0.05, 0) is 51.2 Å². The number of nitrogens with two attached hydrogens (primary N) is 2. The number of nitrogens with zero attached hydrogens (tertiary/aromatic N) is 3. The van der Waals surface area contributed by atoms with E-state index in [-0.39, 0.29) is 36.8 Å². The van der Waals surface area contributed by atoms with Crippen molar-refractivity contribution in [3.8, 4) is 0 Å². The molecule has 0 spiro atoms. The van der Waals surface area contributed by atoms with Gasteiger partial charge in [-0.3, -0.25) is 4.79 Å². The van der Waals surface area contributed by atoms with E-state index >= 15 is 0 Å². The van der Waals surface area contributed by atoms with Crippen LogP contribution in [0.2, 0.25) is 0 Å². The molecule has 4 rings (SSSR count). The van der Waals surface area contributed by atoms with Crippen LogP contribution < -0.4 is 11.5 Å². The van der Waals surface area contributed by atoms with E-state index in [1.165, 1.54) is 20.7 Å². The van der Waals surface area contributed by atoms with Gasteiger partial charge in [0.05, 0.1) is 24.8 Å². The van der Waals surface area contributed by atoms with E-state index in [0.29, 0.717) is 5.69 Å². The Morgan fingerprint density at radius 2 is 1.94 bits per heavy atom. The largest absolute Gasteiger partial charge is 0.444 e. The number of primary amides is 1. The zero-order valence-corrected chi connectivity index (χ0v) is 19.4. The molecule has 33 heavy (non-hydrogen) atoms. The molecule has 2 aliphatic rings. The summed E-state index contributed by atoms with van der Waals surface area (Å²) in [5.41, 5.74) is 14.6. The van der Waals surface area contributed by atoms with Gasteiger partial charge in [-0.2, -0.15) is 5.10 Å². The number of aryl methyl sites for hydroxylation is 1. The molecular formula is C24H32FN5O3. The van der Waals surface area contributed by atoms with Crippen molar-refractivity contribution in [3.05, 3.63) is 46.6 Å². The summed E-state index contributed by atoms with van der Waals surface area (Å²) in [6.45, 7) is 5.41. The van der Waals surface area contributed by atoms with Gasteiger partial charge in [0, 0.05) is 12.3 Å². The van der Waals surface area contributed by atoms with Crippen molar-refractivity contribution < 1.29 is 18.7 Å². The summed E-state index contributed by atoms with van der Waals surface area (Å²) < 4.78 is 21.2. The Labute approximate surface area is 193 Å². The van der Waals surface area contributed by atoms with Gasteiger partial charge in [-0.15, -0.1) is 0 Å². The minimum atomic E-state index is -1.16. The van der Waals surface area contributed by atoms with Gasteiger partial charge < -0.3 is 21.1 Å². The molecule has 2 amide bonds. The number of fused-ring (bicyclic) bond motifs is 1. The highest BCUT2D eigenvalue weighted by Crippen LogP contribution is 2.36. The molecule has 4 N–H and O–H groups in total. The van der Waals surface area contributed by atoms with E-state index in [0.717, 1.165) is 19.3 Å². The number of hydrogen-bond donors (Lipinski definition) is 2. The number of halogens is 1. The molecule has 2 aromatic rings. The van der Waals surface area contributed by atoms with Crippen molar-refractivity contribution in [1.82, 2.24) is 14.7 Å². The molecule has 3 atom stereocenters. The fourth-order valence-corrected chi connectivity index (χ4v) is 4.88. The molecule has 2 heterocycles. The Kier molecular flexibility index (Phi) is 6.07. The molecule has 8 nitrogen and oxygen atoms in total. The lowest BCUT2D eigenvalue weighted by Crippen LogP contribution is -2.42. The molecule has 9 heteroatoms. The minimum absolute atomic E-state index is 0.00501. The lowest BCUT2D eigenvalue weighted by Gasteiger charge is -2.28. The number of nitrogen functional groups attached to an aromatic ring is 1. The normalized spacial score (nSPS) is 22.8. The van der Waals surface area contributed by atoms with Gasteiger partial charge in [0.15, 0.2) is 0 Å². The second-order valence-electron chi connectivity index (χ2n) is 10.0. The second-order valence-corrected chi connectivity index (χ2v) is 10.0. The number of benzene rings is 1. The first-order valence-corrected chi connectivity index (χ1v) is 11.4. The Bertz CT molecular complexity index is 1060. The zero-order chi connectivity index (χ0) is 23.9. The topological polar surface area (TPSA) is 116 Å². The number of likely N-dealkylation sites (tertiary alicyclic amines) is 1. The average Bonchev–Trinajstić information content (AvgIpc) is 3.26. The molecule has 1 fully saturated rings. The van der Waals surface area contributed by atoms with Crippen LogP contribution in [0.25, 0.3) is 0 Å². The molecule has 1 aromatic heterocycles. The smallest absolute Gasteiger partial charge is 0.410 e. The van der Waals surface area contributed by atoms with Crippen molar-refractivity contribution in [2.45, 2.75) is 76.7 Å². The maximum Gasteiger partial charge on any atom is 0.410 e. The van der Waals surface area contributed by atoms with Crippen LogP contribution in [0.1, 0.15) is 66.7 Å². The monoisotopic (exact) mass is 457 g/mol. The molecule has 1 aromatic carbocycles. The van der Waals surface area contributed by atoms with Crippen LogP contribution in [0, 0.1) is 0 Å². The van der Waals surface area contributed by atoms with Crippen molar-refractivity contribution in [3.63, 3.8) is 0 Å². The number of rotatable bonds is 4. The van der Waals surface area contributed by atoms with Crippen LogP contribution in [-0.2, 0) is 24.1 Å². The summed E-state index contributed by atoms with van der Waals surface area (Å²) in [5, 5.41) is 4.67. The first-order chi connectivity index (χ1) is 15.5. The number of alkyl halides is 1. The fraction of sp³-hybridized carbons (Fsp3) is 0.542. The van der Waals surface area contributed by atoms with E-state index < -0.39 is 29.8 Å². The average molecular weight is 458 g/mol. The molecule has 0 radical (unpaired) electrons. The number of aromatic nitrogens is 2. The first-order valence-electron chi connectivity index (χ1n) is 11.4. The summed E-state index contributed by atoms with van der Waals surface area (Å²) in [5.74, 6) is -0.473. The third kappa shape index (κ3) is 4.82. The molecular weight excluding hydrogens is 425 g/mol. The highest BCUT2D eigenvalue weighted by molar-refractivity contribution is 5.98. The number of carbonyl (C=O) groups is 2. The maximum atomic E-state index is 14.3. The summed E-state index contributed by atoms with van der Waals surface area (Å²) in [7, 11) is 0. The molecule has 1 aliphatic heterocycles. The van der Waals surface area contributed by atoms with E-state index in [1.54, 1.807) is 20.8 Å². The highest BCUT2D eigenvalue weighted by Gasteiger charge is 2.39. The minimum Gasteiger partial charge on any atom is -0.444 e. The summed E-state index contributed by atoms with van der Waals surface area (Å²) in [4.78, 5) is 26.3. The van der Waals surface area contributed by atoms with Crippen LogP contribution in [0.15, 0.2) is 24.3 Å². The van der Waals surface area contributed by atoms with Gasteiger partial charge in [-0.25, -0.2) is 13.9 Å². The van der Waals surface area contributed by atoms with Crippen molar-refractivity contribution >= 4 is 17.8 Å². The number of ether oxygens (including phenoxy) is 1. The van der Waals surface area contributed by atoms with Crippen LogP contribution in [0.4, 0.5) is 15.0 Å². The predicted molar refractivity (Wildman–Crippen MR) is 123 cm³/mol. The van der Waals surface area contributed by atoms with Crippen LogP contribution >= 0.6 is 0 Å². The quantitative estimate of drug-likeness (QED) is 0.731. The van der Waals surface area contributed by atoms with Gasteiger partial charge in [0.1, 0.15) is 23.2 Å². The van der Waals surface area contributed by atoms with E-state index in [2.05, 4.69) is 17.2 Å². The number of carbonyl (C=O) groups excluding carboxylic acids is 2. The molecule has 1 unspecified atom stereocenters. The lowest BCUT2D eigenvalue weighted by molar-refractivity contribution is 0.0204. The molecule has 0 saturated carbocycles. The predicted octanol–water partition coefficient (Wildman–Crippen LogP) is 3.18. The summed E-state index contributed by atoms with van der Waals surface area (Å²) >= 11 is 0. The fourth-order valence-electron chi connectivity index (χ4n) is 4.88. The van der Waals surface area contributed by atoms with Crippen molar-refractivity contribution in [1.29, 1.82) is 0 Å². The molecule has 178 valence electrons.